The number of amides is 2. The number of aryl methyl sites for hydroxylation is 1. The maximum absolute atomic E-state index is 12.4. The highest BCUT2D eigenvalue weighted by Crippen LogP contribution is 2.31. The molecular formula is C15H20N4O2. The fourth-order valence-corrected chi connectivity index (χ4v) is 3.51. The summed E-state index contributed by atoms with van der Waals surface area (Å²) in [5, 5.41) is 3.08. The van der Waals surface area contributed by atoms with E-state index in [9.17, 15) is 9.59 Å². The van der Waals surface area contributed by atoms with Crippen LogP contribution in [0.25, 0.3) is 0 Å². The molecule has 1 saturated carbocycles. The number of H-pyrrole nitrogens is 1. The van der Waals surface area contributed by atoms with Gasteiger partial charge in [0.05, 0.1) is 18.1 Å². The van der Waals surface area contributed by atoms with E-state index in [-0.39, 0.29) is 23.8 Å². The lowest BCUT2D eigenvalue weighted by atomic mass is 9.89. The highest BCUT2D eigenvalue weighted by molar-refractivity contribution is 5.83. The molecule has 1 aliphatic heterocycles. The Bertz CT molecular complexity index is 578. The monoisotopic (exact) mass is 288 g/mol. The Morgan fingerprint density at radius 2 is 2.19 bits per heavy atom. The first-order chi connectivity index (χ1) is 10.2. The minimum atomic E-state index is -0.00577. The number of hydrogen-bond acceptors (Lipinski definition) is 3. The molecule has 0 spiro atoms. The van der Waals surface area contributed by atoms with Gasteiger partial charge in [-0.2, -0.15) is 0 Å². The zero-order chi connectivity index (χ0) is 14.4. The number of fused-ring (bicyclic) bond motifs is 1. The predicted octanol–water partition coefficient (Wildman–Crippen LogP) is 0.394. The molecule has 2 atom stereocenters. The van der Waals surface area contributed by atoms with Gasteiger partial charge in [-0.1, -0.05) is 0 Å². The lowest BCUT2D eigenvalue weighted by molar-refractivity contribution is -0.128. The molecule has 2 heterocycles. The zero-order valence-corrected chi connectivity index (χ0v) is 12.0. The first kappa shape index (κ1) is 12.9. The average molecular weight is 288 g/mol. The smallest absolute Gasteiger partial charge is 0.225 e. The Balaban J connectivity index is 1.35. The maximum atomic E-state index is 12.4. The molecule has 0 aromatic carbocycles. The molecule has 0 unspecified atom stereocenters. The minimum Gasteiger partial charge on any atom is -0.351 e. The third kappa shape index (κ3) is 2.43. The van der Waals surface area contributed by atoms with Crippen molar-refractivity contribution in [3.63, 3.8) is 0 Å². The van der Waals surface area contributed by atoms with Gasteiger partial charge in [-0.3, -0.25) is 9.59 Å². The van der Waals surface area contributed by atoms with E-state index < -0.39 is 0 Å². The van der Waals surface area contributed by atoms with E-state index in [2.05, 4.69) is 15.3 Å². The van der Waals surface area contributed by atoms with Gasteiger partial charge in [0.1, 0.15) is 0 Å². The number of likely N-dealkylation sites (tertiary alicyclic amines) is 1. The van der Waals surface area contributed by atoms with E-state index >= 15 is 0 Å². The molecular weight excluding hydrogens is 268 g/mol. The summed E-state index contributed by atoms with van der Waals surface area (Å²) in [7, 11) is 0. The minimum absolute atomic E-state index is 0.00280. The summed E-state index contributed by atoms with van der Waals surface area (Å²) in [6, 6.07) is 0.440. The number of hydrogen-bond donors (Lipinski definition) is 2. The summed E-state index contributed by atoms with van der Waals surface area (Å²) in [4.78, 5) is 33.6. The predicted molar refractivity (Wildman–Crippen MR) is 75.4 cm³/mol. The second-order valence-corrected chi connectivity index (χ2v) is 6.45. The third-order valence-electron chi connectivity index (χ3n) is 4.85. The van der Waals surface area contributed by atoms with Crippen LogP contribution in [-0.2, 0) is 22.4 Å². The molecule has 0 bridgehead atoms. The number of nitrogens with zero attached hydrogens (tertiary/aromatic N) is 2. The Hall–Kier alpha value is -1.85. The zero-order valence-electron chi connectivity index (χ0n) is 12.0. The summed E-state index contributed by atoms with van der Waals surface area (Å²) < 4.78 is 0. The second kappa shape index (κ2) is 4.86. The van der Waals surface area contributed by atoms with Gasteiger partial charge in [0.15, 0.2) is 0 Å². The molecule has 0 radical (unpaired) electrons. The van der Waals surface area contributed by atoms with Crippen molar-refractivity contribution in [1.82, 2.24) is 20.2 Å². The molecule has 1 aromatic heterocycles. The van der Waals surface area contributed by atoms with Crippen molar-refractivity contribution in [3.05, 3.63) is 17.7 Å². The Kier molecular flexibility index (Phi) is 2.97. The van der Waals surface area contributed by atoms with Crippen LogP contribution < -0.4 is 5.32 Å². The fraction of sp³-hybridized carbons (Fsp3) is 0.667. The molecule has 2 fully saturated rings. The number of carbonyl (C=O) groups excluding carboxylic acids is 2. The van der Waals surface area contributed by atoms with Crippen LogP contribution in [0, 0.1) is 5.92 Å². The highest BCUT2D eigenvalue weighted by Gasteiger charge is 2.40. The van der Waals surface area contributed by atoms with Crippen molar-refractivity contribution >= 4 is 11.8 Å². The maximum Gasteiger partial charge on any atom is 0.225 e. The van der Waals surface area contributed by atoms with E-state index in [1.807, 2.05) is 4.90 Å². The fourth-order valence-electron chi connectivity index (χ4n) is 3.51. The van der Waals surface area contributed by atoms with E-state index in [4.69, 9.17) is 0 Å². The Morgan fingerprint density at radius 1 is 1.33 bits per heavy atom. The number of nitrogens with one attached hydrogen (secondary N) is 2. The van der Waals surface area contributed by atoms with Gasteiger partial charge in [-0.15, -0.1) is 0 Å². The average Bonchev–Trinajstić information content (AvgIpc) is 3.09. The van der Waals surface area contributed by atoms with Crippen LogP contribution in [-0.4, -0.2) is 45.3 Å². The lowest BCUT2D eigenvalue weighted by Gasteiger charge is -2.23. The van der Waals surface area contributed by atoms with Crippen LogP contribution in [0.1, 0.15) is 37.1 Å². The standard InChI is InChI=1S/C15H20N4O2/c20-14-6-10(7-19(14)11-2-3-11)18-15(21)9-1-4-12-13(5-9)17-8-16-12/h8-11H,1-7H2,(H,16,17)(H,18,21)/t9-,10-/m0/s1. The molecule has 2 aliphatic carbocycles. The van der Waals surface area contributed by atoms with Crippen molar-refractivity contribution < 1.29 is 9.59 Å². The summed E-state index contributed by atoms with van der Waals surface area (Å²) in [5.41, 5.74) is 2.18. The number of imidazole rings is 1. The molecule has 2 amide bonds. The highest BCUT2D eigenvalue weighted by atomic mass is 16.2. The Labute approximate surface area is 123 Å². The van der Waals surface area contributed by atoms with Gasteiger partial charge in [-0.25, -0.2) is 4.98 Å². The number of aromatic nitrogens is 2. The van der Waals surface area contributed by atoms with Gasteiger partial charge in [0, 0.05) is 37.0 Å². The molecule has 6 nitrogen and oxygen atoms in total. The molecule has 2 N–H and O–H groups in total. The summed E-state index contributed by atoms with van der Waals surface area (Å²) >= 11 is 0. The number of carbonyl (C=O) groups is 2. The van der Waals surface area contributed by atoms with Gasteiger partial charge in [0.25, 0.3) is 0 Å². The van der Waals surface area contributed by atoms with Crippen molar-refractivity contribution in [2.45, 2.75) is 50.6 Å². The van der Waals surface area contributed by atoms with Crippen LogP contribution in [0.2, 0.25) is 0 Å². The quantitative estimate of drug-likeness (QED) is 0.845. The van der Waals surface area contributed by atoms with Crippen LogP contribution in [0.5, 0.6) is 0 Å². The van der Waals surface area contributed by atoms with Gasteiger partial charge in [0.2, 0.25) is 11.8 Å². The first-order valence-corrected chi connectivity index (χ1v) is 7.81. The van der Waals surface area contributed by atoms with Crippen LogP contribution in [0.4, 0.5) is 0 Å². The molecule has 1 aromatic rings. The topological polar surface area (TPSA) is 78.1 Å². The van der Waals surface area contributed by atoms with Crippen molar-refractivity contribution in [2.75, 3.05) is 6.54 Å². The van der Waals surface area contributed by atoms with E-state index in [0.717, 1.165) is 43.5 Å². The molecule has 112 valence electrons. The van der Waals surface area contributed by atoms with Crippen LogP contribution >= 0.6 is 0 Å². The van der Waals surface area contributed by atoms with Crippen molar-refractivity contribution in [1.29, 1.82) is 0 Å². The molecule has 4 rings (SSSR count). The Morgan fingerprint density at radius 3 is 3.00 bits per heavy atom. The van der Waals surface area contributed by atoms with E-state index in [1.54, 1.807) is 6.33 Å². The molecule has 1 saturated heterocycles. The largest absolute Gasteiger partial charge is 0.351 e. The van der Waals surface area contributed by atoms with E-state index in [0.29, 0.717) is 19.0 Å². The van der Waals surface area contributed by atoms with Crippen LogP contribution in [0.3, 0.4) is 0 Å². The summed E-state index contributed by atoms with van der Waals surface area (Å²) in [5.74, 6) is 0.288. The number of aromatic amines is 1. The third-order valence-corrected chi connectivity index (χ3v) is 4.85. The van der Waals surface area contributed by atoms with Crippen molar-refractivity contribution in [2.24, 2.45) is 5.92 Å². The van der Waals surface area contributed by atoms with Gasteiger partial charge in [-0.05, 0) is 25.7 Å². The van der Waals surface area contributed by atoms with Crippen LogP contribution in [0.15, 0.2) is 6.33 Å². The van der Waals surface area contributed by atoms with Crippen molar-refractivity contribution in [3.8, 4) is 0 Å². The number of rotatable bonds is 3. The molecule has 21 heavy (non-hydrogen) atoms. The molecule has 3 aliphatic rings. The van der Waals surface area contributed by atoms with Gasteiger partial charge < -0.3 is 15.2 Å². The summed E-state index contributed by atoms with van der Waals surface area (Å²) in [6.45, 7) is 0.692. The second-order valence-electron chi connectivity index (χ2n) is 6.45. The van der Waals surface area contributed by atoms with E-state index in [1.165, 1.54) is 0 Å². The first-order valence-electron chi connectivity index (χ1n) is 7.81. The molecule has 6 heteroatoms. The SMILES string of the molecule is O=C(N[C@H]1CC(=O)N(C2CC2)C1)[C@H]1CCc2nc[nH]c2C1. The van der Waals surface area contributed by atoms with Gasteiger partial charge >= 0.3 is 0 Å². The summed E-state index contributed by atoms with van der Waals surface area (Å²) in [6.07, 6.45) is 6.84. The normalized spacial score (nSPS) is 28.6. The lowest BCUT2D eigenvalue weighted by Crippen LogP contribution is -2.42.